The summed E-state index contributed by atoms with van der Waals surface area (Å²) >= 11 is -4.06. The molecule has 0 bridgehead atoms. The second-order valence-electron chi connectivity index (χ2n) is 1.65. The molecule has 0 atom stereocenters. The minimum absolute atomic E-state index is 0.656. The second-order valence-corrected chi connectivity index (χ2v) is 8.64. The molecule has 0 aromatic heterocycles. The van der Waals surface area contributed by atoms with Gasteiger partial charge in [0.15, 0.2) is 0 Å². The number of rotatable bonds is 2. The molecular weight excluding hydrogens is 231 g/mol. The molecule has 11 heavy (non-hydrogen) atoms. The average Bonchev–Trinajstić information content (AvgIpc) is 1.53. The number of hydrogen-bond donors (Lipinski definition) is 0. The van der Waals surface area contributed by atoms with Gasteiger partial charge in [0, 0.05) is 0 Å². The molecule has 0 saturated carbocycles. The molecule has 0 spiro atoms. The molecule has 0 fully saturated rings. The first-order valence-electron chi connectivity index (χ1n) is 2.60. The molecule has 0 amide bonds. The van der Waals surface area contributed by atoms with Crippen LogP contribution in [0.25, 0.3) is 0 Å². The topological polar surface area (TPSA) is 52.6 Å². The Morgan fingerprint density at radius 2 is 1.36 bits per heavy atom. The molecule has 0 aliphatic carbocycles. The van der Waals surface area contributed by atoms with E-state index in [1.54, 1.807) is 0 Å². The van der Waals surface area contributed by atoms with E-state index in [0.29, 0.717) is 0 Å². The van der Waals surface area contributed by atoms with E-state index in [1.807, 2.05) is 0 Å². The summed E-state index contributed by atoms with van der Waals surface area (Å²) in [5.74, 6) is -1.31. The first-order chi connectivity index (χ1) is 4.83. The van der Waals surface area contributed by atoms with Gasteiger partial charge in [0.2, 0.25) is 0 Å². The van der Waals surface area contributed by atoms with Crippen molar-refractivity contribution in [2.75, 3.05) is 0 Å². The quantitative estimate of drug-likeness (QED) is 0.681. The summed E-state index contributed by atoms with van der Waals surface area (Å²) in [4.78, 5) is 20.6. The zero-order valence-corrected chi connectivity index (χ0v) is 8.96. The van der Waals surface area contributed by atoms with Crippen LogP contribution in [-0.4, -0.2) is 11.9 Å². The SMILES string of the molecule is CC(=O)[O][Ti]([Cl])([Cl])[O]C(C)=O. The van der Waals surface area contributed by atoms with E-state index >= 15 is 0 Å². The maximum atomic E-state index is 10.3. The van der Waals surface area contributed by atoms with Gasteiger partial charge in [-0.05, 0) is 0 Å². The Kier molecular flexibility index (Phi) is 4.40. The van der Waals surface area contributed by atoms with E-state index in [-0.39, 0.29) is 0 Å². The van der Waals surface area contributed by atoms with Gasteiger partial charge in [0.25, 0.3) is 0 Å². The summed E-state index contributed by atoms with van der Waals surface area (Å²) in [7, 11) is 10.8. The van der Waals surface area contributed by atoms with Gasteiger partial charge in [-0.25, -0.2) is 0 Å². The van der Waals surface area contributed by atoms with E-state index in [4.69, 9.17) is 18.6 Å². The van der Waals surface area contributed by atoms with Gasteiger partial charge in [-0.1, -0.05) is 0 Å². The van der Waals surface area contributed by atoms with Gasteiger partial charge in [0.1, 0.15) is 0 Å². The van der Waals surface area contributed by atoms with Crippen molar-refractivity contribution >= 4 is 30.5 Å². The van der Waals surface area contributed by atoms with E-state index in [9.17, 15) is 9.59 Å². The van der Waals surface area contributed by atoms with Crippen molar-refractivity contribution in [2.24, 2.45) is 0 Å². The summed E-state index contributed by atoms with van der Waals surface area (Å²) < 4.78 is 8.77. The summed E-state index contributed by atoms with van der Waals surface area (Å²) in [6.07, 6.45) is 0. The first kappa shape index (κ1) is 11.2. The number of hydrogen-bond acceptors (Lipinski definition) is 4. The van der Waals surface area contributed by atoms with Crippen molar-refractivity contribution in [3.8, 4) is 0 Å². The Labute approximate surface area is 75.8 Å². The third-order valence-corrected chi connectivity index (χ3v) is 3.44. The molecule has 4 nitrogen and oxygen atoms in total. The van der Waals surface area contributed by atoms with Crippen molar-refractivity contribution < 1.29 is 31.5 Å². The predicted molar refractivity (Wildman–Crippen MR) is 35.2 cm³/mol. The molecule has 0 aromatic carbocycles. The van der Waals surface area contributed by atoms with Crippen molar-refractivity contribution in [3.05, 3.63) is 0 Å². The van der Waals surface area contributed by atoms with Crippen LogP contribution in [0.15, 0.2) is 0 Å². The fraction of sp³-hybridized carbons (Fsp3) is 0.500. The van der Waals surface area contributed by atoms with Crippen molar-refractivity contribution in [2.45, 2.75) is 13.8 Å². The van der Waals surface area contributed by atoms with Crippen LogP contribution in [0.4, 0.5) is 0 Å². The third-order valence-electron chi connectivity index (χ3n) is 0.525. The van der Waals surface area contributed by atoms with Crippen LogP contribution in [0.2, 0.25) is 0 Å². The molecule has 7 heteroatoms. The van der Waals surface area contributed by atoms with E-state index in [0.717, 1.165) is 13.8 Å². The van der Waals surface area contributed by atoms with Gasteiger partial charge >= 0.3 is 75.9 Å². The van der Waals surface area contributed by atoms with Gasteiger partial charge in [-0.3, -0.25) is 0 Å². The second kappa shape index (κ2) is 4.31. The van der Waals surface area contributed by atoms with Gasteiger partial charge in [-0.15, -0.1) is 0 Å². The minimum atomic E-state index is -4.06. The van der Waals surface area contributed by atoms with E-state index in [1.165, 1.54) is 0 Å². The molecule has 0 N–H and O–H groups in total. The Hall–Kier alpha value is 0.234. The summed E-state index contributed by atoms with van der Waals surface area (Å²) in [5, 5.41) is 0. The predicted octanol–water partition coefficient (Wildman–Crippen LogP) is 1.40. The summed E-state index contributed by atoms with van der Waals surface area (Å²) in [6.45, 7) is 2.27. The molecule has 0 aromatic rings. The molecule has 0 saturated heterocycles. The number of carbonyl (C=O) groups excluding carboxylic acids is 2. The van der Waals surface area contributed by atoms with E-state index < -0.39 is 27.2 Å². The van der Waals surface area contributed by atoms with Crippen LogP contribution in [0.1, 0.15) is 13.8 Å². The fourth-order valence-electron chi connectivity index (χ4n) is 0.355. The van der Waals surface area contributed by atoms with Crippen molar-refractivity contribution in [1.29, 1.82) is 0 Å². The third kappa shape index (κ3) is 6.63. The fourth-order valence-corrected chi connectivity index (χ4v) is 3.26. The first-order valence-corrected chi connectivity index (χ1v) is 8.17. The Balaban J connectivity index is 3.99. The molecule has 0 rings (SSSR count). The molecule has 0 radical (unpaired) electrons. The number of carbonyl (C=O) groups is 2. The molecule has 0 heterocycles. The van der Waals surface area contributed by atoms with Crippen molar-refractivity contribution in [1.82, 2.24) is 0 Å². The molecule has 0 unspecified atom stereocenters. The standard InChI is InChI=1S/2C2H4O2.2ClH.Ti/c2*1-2(3)4;;;/h2*1H3,(H,3,4);2*1H;/q;;;;+4/p-4. The Morgan fingerprint density at radius 3 is 1.55 bits per heavy atom. The normalized spacial score (nSPS) is 10.5. The van der Waals surface area contributed by atoms with Crippen LogP contribution in [0, 0.1) is 0 Å². The van der Waals surface area contributed by atoms with Crippen LogP contribution < -0.4 is 0 Å². The van der Waals surface area contributed by atoms with Gasteiger partial charge in [-0.2, -0.15) is 0 Å². The zero-order chi connectivity index (χ0) is 9.07. The zero-order valence-electron chi connectivity index (χ0n) is 5.89. The average molecular weight is 237 g/mol. The molecule has 0 aliphatic heterocycles. The monoisotopic (exact) mass is 236 g/mol. The van der Waals surface area contributed by atoms with Crippen molar-refractivity contribution in [3.63, 3.8) is 0 Å². The van der Waals surface area contributed by atoms with Gasteiger partial charge in [0.05, 0.1) is 0 Å². The van der Waals surface area contributed by atoms with Gasteiger partial charge < -0.3 is 0 Å². The van der Waals surface area contributed by atoms with Crippen LogP contribution in [0.5, 0.6) is 0 Å². The summed E-state index contributed by atoms with van der Waals surface area (Å²) in [5.41, 5.74) is 0. The Morgan fingerprint density at radius 1 is 1.09 bits per heavy atom. The summed E-state index contributed by atoms with van der Waals surface area (Å²) in [6, 6.07) is 0. The molecular formula is C4H6Cl2O4Ti. The van der Waals surface area contributed by atoms with Crippen LogP contribution in [0.3, 0.4) is 0 Å². The maximum absolute atomic E-state index is 10.3. The van der Waals surface area contributed by atoms with E-state index in [2.05, 4.69) is 6.64 Å². The number of halogens is 2. The van der Waals surface area contributed by atoms with Crippen LogP contribution in [-0.2, 0) is 31.5 Å². The Bertz CT molecular complexity index is 163. The molecule has 0 aliphatic rings. The van der Waals surface area contributed by atoms with Crippen LogP contribution >= 0.6 is 18.6 Å². The molecule has 64 valence electrons.